The average molecular weight is 539 g/mol. The molecule has 4 fully saturated rings. The molecule has 0 aromatic carbocycles. The fourth-order valence-electron chi connectivity index (χ4n) is 7.82. The lowest BCUT2D eigenvalue weighted by molar-refractivity contribution is -0.186. The van der Waals surface area contributed by atoms with Crippen LogP contribution in [0.25, 0.3) is 6.08 Å². The van der Waals surface area contributed by atoms with E-state index >= 15 is 0 Å². The summed E-state index contributed by atoms with van der Waals surface area (Å²) in [7, 11) is 0. The summed E-state index contributed by atoms with van der Waals surface area (Å²) in [5.74, 6) is 0.237. The van der Waals surface area contributed by atoms with Gasteiger partial charge in [0, 0.05) is 48.4 Å². The number of ether oxygens (including phenoxy) is 3. The number of carbonyl (C=O) groups excluding carboxylic acids is 1. The first-order chi connectivity index (χ1) is 18.7. The van der Waals surface area contributed by atoms with E-state index < -0.39 is 17.5 Å². The second kappa shape index (κ2) is 9.78. The Bertz CT molecular complexity index is 1200. The highest BCUT2D eigenvalue weighted by Crippen LogP contribution is 2.66. The maximum atomic E-state index is 12.8. The van der Waals surface area contributed by atoms with Crippen LogP contribution < -0.4 is 5.73 Å². The van der Waals surface area contributed by atoms with E-state index in [4.69, 9.17) is 19.9 Å². The first kappa shape index (κ1) is 26.6. The molecule has 1 spiro atoms. The third-order valence-corrected chi connectivity index (χ3v) is 10.1. The zero-order valence-electron chi connectivity index (χ0n) is 22.6. The number of nitrogens with two attached hydrogens (primary N) is 1. The topological polar surface area (TPSA) is 144 Å². The zero-order chi connectivity index (χ0) is 27.4. The lowest BCUT2D eigenvalue weighted by atomic mass is 9.44. The van der Waals surface area contributed by atoms with Gasteiger partial charge < -0.3 is 30.2 Å². The van der Waals surface area contributed by atoms with Gasteiger partial charge in [-0.2, -0.15) is 0 Å². The Morgan fingerprint density at radius 2 is 1.95 bits per heavy atom. The fraction of sp³-hybridized carbons (Fsp3) is 0.621. The van der Waals surface area contributed by atoms with Crippen molar-refractivity contribution in [3.63, 3.8) is 0 Å². The molecule has 5 aliphatic rings. The average Bonchev–Trinajstić information content (AvgIpc) is 3.64. The summed E-state index contributed by atoms with van der Waals surface area (Å²) in [4.78, 5) is 23.2. The van der Waals surface area contributed by atoms with Gasteiger partial charge in [0.25, 0.3) is 0 Å². The van der Waals surface area contributed by atoms with Gasteiger partial charge in [-0.15, -0.1) is 0 Å². The van der Waals surface area contributed by atoms with Crippen LogP contribution in [0.15, 0.2) is 42.0 Å². The molecule has 39 heavy (non-hydrogen) atoms. The number of nitrogens with zero attached hydrogens (tertiary/aromatic N) is 3. The maximum Gasteiger partial charge on any atom is 0.343 e. The minimum Gasteiger partial charge on any atom is -0.423 e. The Labute approximate surface area is 228 Å². The van der Waals surface area contributed by atoms with Crippen molar-refractivity contribution >= 4 is 18.0 Å². The molecule has 4 heterocycles. The first-order valence-electron chi connectivity index (χ1n) is 13.9. The van der Waals surface area contributed by atoms with Gasteiger partial charge in [0.1, 0.15) is 11.4 Å². The van der Waals surface area contributed by atoms with Crippen LogP contribution in [-0.2, 0) is 19.0 Å². The van der Waals surface area contributed by atoms with Crippen LogP contribution >= 0.6 is 0 Å². The minimum absolute atomic E-state index is 0.0119. The number of esters is 1. The third kappa shape index (κ3) is 4.42. The van der Waals surface area contributed by atoms with Gasteiger partial charge in [0.15, 0.2) is 0 Å². The van der Waals surface area contributed by atoms with Gasteiger partial charge >= 0.3 is 5.97 Å². The monoisotopic (exact) mass is 538 g/mol. The number of hydrogen-bond donors (Lipinski definition) is 3. The lowest BCUT2D eigenvalue weighted by Gasteiger charge is -2.63. The molecular formula is C29H38N4O6. The molecule has 210 valence electrons. The summed E-state index contributed by atoms with van der Waals surface area (Å²) in [6.07, 6.45) is 12.3. The number of aliphatic hydroxyl groups is 2. The van der Waals surface area contributed by atoms with Crippen LogP contribution in [-0.4, -0.2) is 88.3 Å². The second-order valence-electron chi connectivity index (χ2n) is 12.2. The number of aromatic nitrogens is 2. The van der Waals surface area contributed by atoms with Crippen molar-refractivity contribution < 1.29 is 29.2 Å². The zero-order valence-corrected chi connectivity index (χ0v) is 22.6. The van der Waals surface area contributed by atoms with Crippen molar-refractivity contribution in [2.75, 3.05) is 45.3 Å². The van der Waals surface area contributed by atoms with E-state index in [2.05, 4.69) is 27.9 Å². The smallest absolute Gasteiger partial charge is 0.343 e. The number of morpholine rings is 1. The van der Waals surface area contributed by atoms with Crippen LogP contribution in [0.1, 0.15) is 38.7 Å². The molecule has 10 nitrogen and oxygen atoms in total. The molecule has 0 bridgehead atoms. The van der Waals surface area contributed by atoms with Crippen molar-refractivity contribution in [2.24, 2.45) is 22.7 Å². The van der Waals surface area contributed by atoms with E-state index in [1.807, 2.05) is 13.0 Å². The maximum absolute atomic E-state index is 12.8. The van der Waals surface area contributed by atoms with E-state index in [9.17, 15) is 15.0 Å². The van der Waals surface area contributed by atoms with Gasteiger partial charge in [-0.25, -0.2) is 14.8 Å². The van der Waals surface area contributed by atoms with E-state index in [1.165, 1.54) is 0 Å². The number of rotatable bonds is 5. The van der Waals surface area contributed by atoms with Crippen molar-refractivity contribution in [2.45, 2.75) is 50.9 Å². The lowest BCUT2D eigenvalue weighted by Crippen LogP contribution is -2.67. The highest BCUT2D eigenvalue weighted by atomic mass is 16.6. The van der Waals surface area contributed by atoms with Crippen molar-refractivity contribution in [3.8, 4) is 0 Å². The molecule has 4 N–H and O–H groups in total. The Balaban J connectivity index is 1.35. The van der Waals surface area contributed by atoms with E-state index in [-0.39, 0.29) is 41.4 Å². The molecule has 6 rings (SSSR count). The molecular weight excluding hydrogens is 500 g/mol. The number of cyclic esters (lactones) is 1. The highest BCUT2D eigenvalue weighted by Gasteiger charge is 2.71. The quantitative estimate of drug-likeness (QED) is 0.374. The summed E-state index contributed by atoms with van der Waals surface area (Å²) in [6.45, 7) is 7.90. The van der Waals surface area contributed by atoms with E-state index in [0.717, 1.165) is 25.9 Å². The molecule has 4 unspecified atom stereocenters. The molecule has 2 saturated heterocycles. The number of epoxide rings is 1. The summed E-state index contributed by atoms with van der Waals surface area (Å²) in [5.41, 5.74) is 5.48. The largest absolute Gasteiger partial charge is 0.423 e. The summed E-state index contributed by atoms with van der Waals surface area (Å²) in [6, 6.07) is 0.135. The van der Waals surface area contributed by atoms with Crippen LogP contribution in [0.2, 0.25) is 0 Å². The Hall–Kier alpha value is -2.63. The van der Waals surface area contributed by atoms with Crippen molar-refractivity contribution in [3.05, 3.63) is 47.5 Å². The summed E-state index contributed by atoms with van der Waals surface area (Å²) >= 11 is 0. The fourth-order valence-corrected chi connectivity index (χ4v) is 7.82. The normalized spacial score (nSPS) is 41.6. The van der Waals surface area contributed by atoms with Crippen LogP contribution in [0.4, 0.5) is 5.95 Å². The second-order valence-corrected chi connectivity index (χ2v) is 12.2. The SMILES string of the molecule is C[C@]12CC[C@@H](O)[C@@](C)(CO)C1CC(N1CCOCC1)C1(CO1)C2/C=C/C1=CC(=C\c2cnc(N)nc2)/OC1=O. The Morgan fingerprint density at radius 1 is 1.23 bits per heavy atom. The van der Waals surface area contributed by atoms with Crippen LogP contribution in [0.5, 0.6) is 0 Å². The first-order valence-corrected chi connectivity index (χ1v) is 13.9. The molecule has 10 heteroatoms. The molecule has 3 aliphatic heterocycles. The predicted octanol–water partition coefficient (Wildman–Crippen LogP) is 1.70. The molecule has 2 aliphatic carbocycles. The molecule has 2 saturated carbocycles. The van der Waals surface area contributed by atoms with Crippen LogP contribution in [0.3, 0.4) is 0 Å². The standard InChI is InChI=1S/C29H38N4O6/c1-27-6-5-24(35)28(2,16-34)22(27)13-23(33-7-9-37-10-8-33)29(17-38-29)21(27)4-3-19-12-20(39-25(19)36)11-18-14-31-26(30)32-15-18/h3-4,11-12,14-15,21-24,34-35H,5-10,13,16-17H2,1-2H3,(H2,30,31,32)/b4-3+,20-11+/t21?,22?,23?,24-,27-,28+,29?/m1/s1. The molecule has 1 aromatic rings. The number of allylic oxidation sites excluding steroid dienone is 1. The molecule has 0 radical (unpaired) electrons. The predicted molar refractivity (Wildman–Crippen MR) is 143 cm³/mol. The summed E-state index contributed by atoms with van der Waals surface area (Å²) < 4.78 is 17.5. The third-order valence-electron chi connectivity index (χ3n) is 10.1. The number of fused-ring (bicyclic) bond motifs is 1. The molecule has 0 amide bonds. The van der Waals surface area contributed by atoms with Gasteiger partial charge in [-0.3, -0.25) is 4.90 Å². The van der Waals surface area contributed by atoms with Gasteiger partial charge in [0.05, 0.1) is 38.1 Å². The van der Waals surface area contributed by atoms with Crippen molar-refractivity contribution in [1.29, 1.82) is 0 Å². The van der Waals surface area contributed by atoms with E-state index in [0.29, 0.717) is 43.1 Å². The number of anilines is 1. The van der Waals surface area contributed by atoms with Gasteiger partial charge in [0.2, 0.25) is 5.95 Å². The summed E-state index contributed by atoms with van der Waals surface area (Å²) in [5, 5.41) is 21.6. The van der Waals surface area contributed by atoms with E-state index in [1.54, 1.807) is 24.5 Å². The Kier molecular flexibility index (Phi) is 6.67. The Morgan fingerprint density at radius 3 is 2.62 bits per heavy atom. The molecule has 1 aromatic heterocycles. The minimum atomic E-state index is -0.622. The number of aliphatic hydroxyl groups excluding tert-OH is 2. The number of carbonyl (C=O) groups is 1. The van der Waals surface area contributed by atoms with Crippen molar-refractivity contribution in [1.82, 2.24) is 14.9 Å². The van der Waals surface area contributed by atoms with Crippen LogP contribution in [0, 0.1) is 22.7 Å². The highest BCUT2D eigenvalue weighted by molar-refractivity contribution is 5.96. The number of hydrogen-bond acceptors (Lipinski definition) is 10. The molecule has 7 atom stereocenters. The number of nitrogen functional groups attached to an aromatic ring is 1. The van der Waals surface area contributed by atoms with Gasteiger partial charge in [-0.1, -0.05) is 26.0 Å². The van der Waals surface area contributed by atoms with Gasteiger partial charge in [-0.05, 0) is 42.7 Å².